The number of aromatic nitrogens is 2. The molecule has 0 aliphatic carbocycles. The van der Waals surface area contributed by atoms with Crippen molar-refractivity contribution in [1.82, 2.24) is 14.9 Å². The van der Waals surface area contributed by atoms with Gasteiger partial charge in [0.1, 0.15) is 11.5 Å². The van der Waals surface area contributed by atoms with E-state index in [0.717, 1.165) is 25.9 Å². The topological polar surface area (TPSA) is 58.1 Å². The van der Waals surface area contributed by atoms with Gasteiger partial charge in [0.15, 0.2) is 0 Å². The molecule has 1 N–H and O–H groups in total. The van der Waals surface area contributed by atoms with Crippen LogP contribution in [0.3, 0.4) is 0 Å². The van der Waals surface area contributed by atoms with E-state index >= 15 is 0 Å². The van der Waals surface area contributed by atoms with E-state index in [9.17, 15) is 4.79 Å². The minimum atomic E-state index is -0.00417. The standard InChI is InChI=1S/C14H22N4O/c1-10(2)17-13-9-15-12(8-16-13)14(19)18-6-4-11(3)5-7-18/h8-11H,4-7H2,1-3H3,(H,16,17). The fraction of sp³-hybridized carbons (Fsp3) is 0.643. The molecular weight excluding hydrogens is 240 g/mol. The molecule has 0 saturated carbocycles. The molecule has 1 aliphatic heterocycles. The van der Waals surface area contributed by atoms with Gasteiger partial charge in [-0.25, -0.2) is 9.97 Å². The first-order valence-corrected chi connectivity index (χ1v) is 6.94. The van der Waals surface area contributed by atoms with Gasteiger partial charge in [0.25, 0.3) is 5.91 Å². The van der Waals surface area contributed by atoms with Crippen molar-refractivity contribution in [3.63, 3.8) is 0 Å². The van der Waals surface area contributed by atoms with E-state index in [1.54, 1.807) is 12.4 Å². The molecule has 2 rings (SSSR count). The lowest BCUT2D eigenvalue weighted by Gasteiger charge is -2.29. The molecule has 1 amide bonds. The molecule has 1 fully saturated rings. The number of likely N-dealkylation sites (tertiary alicyclic amines) is 1. The van der Waals surface area contributed by atoms with Crippen LogP contribution in [0.25, 0.3) is 0 Å². The van der Waals surface area contributed by atoms with E-state index in [2.05, 4.69) is 22.2 Å². The van der Waals surface area contributed by atoms with Gasteiger partial charge in [-0.1, -0.05) is 6.92 Å². The van der Waals surface area contributed by atoms with E-state index in [4.69, 9.17) is 0 Å². The number of hydrogen-bond acceptors (Lipinski definition) is 4. The summed E-state index contributed by atoms with van der Waals surface area (Å²) >= 11 is 0. The Labute approximate surface area is 114 Å². The fourth-order valence-corrected chi connectivity index (χ4v) is 2.18. The van der Waals surface area contributed by atoms with E-state index in [1.807, 2.05) is 18.7 Å². The lowest BCUT2D eigenvalue weighted by atomic mass is 9.99. The second-order valence-electron chi connectivity index (χ2n) is 5.56. The first kappa shape index (κ1) is 13.8. The number of rotatable bonds is 3. The van der Waals surface area contributed by atoms with Crippen molar-refractivity contribution in [2.75, 3.05) is 18.4 Å². The van der Waals surface area contributed by atoms with Crippen LogP contribution < -0.4 is 5.32 Å². The maximum atomic E-state index is 12.2. The molecule has 1 saturated heterocycles. The zero-order chi connectivity index (χ0) is 13.8. The minimum Gasteiger partial charge on any atom is -0.367 e. The molecule has 5 heteroatoms. The smallest absolute Gasteiger partial charge is 0.274 e. The molecule has 5 nitrogen and oxygen atoms in total. The third-order valence-electron chi connectivity index (χ3n) is 3.38. The van der Waals surface area contributed by atoms with E-state index in [-0.39, 0.29) is 5.91 Å². The van der Waals surface area contributed by atoms with Gasteiger partial charge in [-0.3, -0.25) is 4.79 Å². The summed E-state index contributed by atoms with van der Waals surface area (Å²) in [5.41, 5.74) is 0.434. The molecule has 1 aromatic rings. The van der Waals surface area contributed by atoms with Gasteiger partial charge in [0, 0.05) is 19.1 Å². The molecule has 1 aromatic heterocycles. The summed E-state index contributed by atoms with van der Waals surface area (Å²) in [5, 5.41) is 3.16. The second kappa shape index (κ2) is 5.99. The van der Waals surface area contributed by atoms with Crippen molar-refractivity contribution in [2.45, 2.75) is 39.7 Å². The lowest BCUT2D eigenvalue weighted by Crippen LogP contribution is -2.38. The molecule has 0 unspecified atom stereocenters. The van der Waals surface area contributed by atoms with Crippen LogP contribution in [0.15, 0.2) is 12.4 Å². The molecule has 19 heavy (non-hydrogen) atoms. The maximum absolute atomic E-state index is 12.2. The highest BCUT2D eigenvalue weighted by Crippen LogP contribution is 2.17. The van der Waals surface area contributed by atoms with Gasteiger partial charge < -0.3 is 10.2 Å². The molecule has 0 aromatic carbocycles. The van der Waals surface area contributed by atoms with Crippen LogP contribution in [0, 0.1) is 5.92 Å². The Balaban J connectivity index is 1.99. The molecule has 2 heterocycles. The summed E-state index contributed by atoms with van der Waals surface area (Å²) in [7, 11) is 0. The number of carbonyl (C=O) groups excluding carboxylic acids is 1. The highest BCUT2D eigenvalue weighted by atomic mass is 16.2. The average Bonchev–Trinajstić information content (AvgIpc) is 2.39. The Morgan fingerprint density at radius 2 is 2.00 bits per heavy atom. The van der Waals surface area contributed by atoms with E-state index < -0.39 is 0 Å². The number of nitrogens with one attached hydrogen (secondary N) is 1. The zero-order valence-corrected chi connectivity index (χ0v) is 11.9. The van der Waals surface area contributed by atoms with Gasteiger partial charge in [-0.15, -0.1) is 0 Å². The number of anilines is 1. The van der Waals surface area contributed by atoms with Crippen molar-refractivity contribution >= 4 is 11.7 Å². The largest absolute Gasteiger partial charge is 0.367 e. The van der Waals surface area contributed by atoms with E-state index in [0.29, 0.717) is 23.5 Å². The Kier molecular flexibility index (Phi) is 4.35. The van der Waals surface area contributed by atoms with Crippen LogP contribution in [0.5, 0.6) is 0 Å². The van der Waals surface area contributed by atoms with Gasteiger partial charge >= 0.3 is 0 Å². The predicted octanol–water partition coefficient (Wildman–Crippen LogP) is 2.17. The second-order valence-corrected chi connectivity index (χ2v) is 5.56. The molecule has 0 atom stereocenters. The first-order chi connectivity index (χ1) is 9.06. The molecule has 1 aliphatic rings. The Morgan fingerprint density at radius 3 is 2.53 bits per heavy atom. The average molecular weight is 262 g/mol. The predicted molar refractivity (Wildman–Crippen MR) is 75.1 cm³/mol. The third kappa shape index (κ3) is 3.66. The number of carbonyl (C=O) groups is 1. The van der Waals surface area contributed by atoms with Crippen molar-refractivity contribution in [1.29, 1.82) is 0 Å². The van der Waals surface area contributed by atoms with Crippen LogP contribution in [0.1, 0.15) is 44.1 Å². The third-order valence-corrected chi connectivity index (χ3v) is 3.38. The van der Waals surface area contributed by atoms with Crippen LogP contribution in [0.2, 0.25) is 0 Å². The summed E-state index contributed by atoms with van der Waals surface area (Å²) in [6.45, 7) is 7.96. The minimum absolute atomic E-state index is 0.00417. The molecule has 0 spiro atoms. The van der Waals surface area contributed by atoms with Gasteiger partial charge in [-0.2, -0.15) is 0 Å². The van der Waals surface area contributed by atoms with Gasteiger partial charge in [0.05, 0.1) is 12.4 Å². The van der Waals surface area contributed by atoms with Crippen molar-refractivity contribution in [3.05, 3.63) is 18.1 Å². The van der Waals surface area contributed by atoms with Crippen LogP contribution >= 0.6 is 0 Å². The highest BCUT2D eigenvalue weighted by molar-refractivity contribution is 5.92. The van der Waals surface area contributed by atoms with Crippen molar-refractivity contribution in [3.8, 4) is 0 Å². The number of piperidine rings is 1. The van der Waals surface area contributed by atoms with Crippen LogP contribution in [0.4, 0.5) is 5.82 Å². The summed E-state index contributed by atoms with van der Waals surface area (Å²) < 4.78 is 0. The highest BCUT2D eigenvalue weighted by Gasteiger charge is 2.22. The Bertz CT molecular complexity index is 422. The van der Waals surface area contributed by atoms with Crippen molar-refractivity contribution < 1.29 is 4.79 Å². The summed E-state index contributed by atoms with van der Waals surface area (Å²) in [5.74, 6) is 1.42. The normalized spacial score (nSPS) is 16.7. The monoisotopic (exact) mass is 262 g/mol. The molecule has 0 bridgehead atoms. The number of nitrogens with zero attached hydrogens (tertiary/aromatic N) is 3. The van der Waals surface area contributed by atoms with Gasteiger partial charge in [-0.05, 0) is 32.6 Å². The fourth-order valence-electron chi connectivity index (χ4n) is 2.18. The SMILES string of the molecule is CC1CCN(C(=O)c2cnc(NC(C)C)cn2)CC1. The van der Waals surface area contributed by atoms with Crippen molar-refractivity contribution in [2.24, 2.45) is 5.92 Å². The summed E-state index contributed by atoms with van der Waals surface area (Å²) in [6, 6.07) is 0.305. The lowest BCUT2D eigenvalue weighted by molar-refractivity contribution is 0.0691. The Hall–Kier alpha value is -1.65. The molecule has 0 radical (unpaired) electrons. The summed E-state index contributed by atoms with van der Waals surface area (Å²) in [6.07, 6.45) is 5.34. The quantitative estimate of drug-likeness (QED) is 0.907. The number of hydrogen-bond donors (Lipinski definition) is 1. The zero-order valence-electron chi connectivity index (χ0n) is 11.9. The molecular formula is C14H22N4O. The molecule has 104 valence electrons. The van der Waals surface area contributed by atoms with Crippen LogP contribution in [-0.4, -0.2) is 39.9 Å². The van der Waals surface area contributed by atoms with E-state index in [1.165, 1.54) is 0 Å². The van der Waals surface area contributed by atoms with Crippen LogP contribution in [-0.2, 0) is 0 Å². The number of amides is 1. The van der Waals surface area contributed by atoms with Gasteiger partial charge in [0.2, 0.25) is 0 Å². The maximum Gasteiger partial charge on any atom is 0.274 e. The first-order valence-electron chi connectivity index (χ1n) is 6.94. The Morgan fingerprint density at radius 1 is 1.32 bits per heavy atom. The summed E-state index contributed by atoms with van der Waals surface area (Å²) in [4.78, 5) is 22.6.